The number of aliphatic imine (C=N–C) groups is 1. The maximum Gasteiger partial charge on any atom is 0.322 e. The highest BCUT2D eigenvalue weighted by atomic mass is 127. The van der Waals surface area contributed by atoms with Gasteiger partial charge < -0.3 is 20.3 Å². The van der Waals surface area contributed by atoms with E-state index in [4.69, 9.17) is 4.74 Å². The maximum absolute atomic E-state index is 12.1. The minimum absolute atomic E-state index is 0. The summed E-state index contributed by atoms with van der Waals surface area (Å²) < 4.78 is 5.96. The molecule has 3 fully saturated rings. The van der Waals surface area contributed by atoms with Gasteiger partial charge in [-0.15, -0.1) is 24.0 Å². The quantitative estimate of drug-likeness (QED) is 0.174. The second kappa shape index (κ2) is 10.6. The summed E-state index contributed by atoms with van der Waals surface area (Å²) >= 11 is 0. The molecule has 2 saturated heterocycles. The van der Waals surface area contributed by atoms with E-state index in [1.165, 1.54) is 32.1 Å². The van der Waals surface area contributed by atoms with Crippen molar-refractivity contribution in [3.05, 3.63) is 0 Å². The summed E-state index contributed by atoms with van der Waals surface area (Å²) in [6.45, 7) is 4.89. The molecule has 3 rings (SSSR count). The summed E-state index contributed by atoms with van der Waals surface area (Å²) in [7, 11) is 1.79. The number of nitrogens with one attached hydrogen (secondary N) is 3. The summed E-state index contributed by atoms with van der Waals surface area (Å²) in [6, 6.07) is -0.389. The van der Waals surface area contributed by atoms with Crippen molar-refractivity contribution < 1.29 is 14.3 Å². The average molecular weight is 507 g/mol. The second-order valence-electron chi connectivity index (χ2n) is 7.98. The van der Waals surface area contributed by atoms with Crippen LogP contribution in [0.25, 0.3) is 0 Å². The van der Waals surface area contributed by atoms with Crippen molar-refractivity contribution in [1.82, 2.24) is 20.9 Å². The molecule has 160 valence electrons. The summed E-state index contributed by atoms with van der Waals surface area (Å²) in [6.07, 6.45) is 8.37. The van der Waals surface area contributed by atoms with Crippen molar-refractivity contribution >= 4 is 41.9 Å². The molecule has 2 aliphatic heterocycles. The van der Waals surface area contributed by atoms with Gasteiger partial charge in [-0.05, 0) is 38.5 Å². The molecule has 3 N–H and O–H groups in total. The van der Waals surface area contributed by atoms with Crippen LogP contribution in [0.3, 0.4) is 0 Å². The average Bonchev–Trinajstić information content (AvgIpc) is 2.95. The first-order valence-electron chi connectivity index (χ1n) is 10.2. The summed E-state index contributed by atoms with van der Waals surface area (Å²) in [5, 5.41) is 8.55. The third kappa shape index (κ3) is 5.49. The van der Waals surface area contributed by atoms with Gasteiger partial charge in [0.15, 0.2) is 5.96 Å². The van der Waals surface area contributed by atoms with E-state index in [2.05, 4.69) is 25.8 Å². The minimum atomic E-state index is -0.798. The highest BCUT2D eigenvalue weighted by Crippen LogP contribution is 2.30. The van der Waals surface area contributed by atoms with Crippen LogP contribution >= 0.6 is 24.0 Å². The molecule has 0 aromatic carbocycles. The summed E-state index contributed by atoms with van der Waals surface area (Å²) in [5.74, 6) is 0.798. The van der Waals surface area contributed by atoms with Crippen molar-refractivity contribution in [3.63, 3.8) is 0 Å². The molecule has 9 heteroatoms. The van der Waals surface area contributed by atoms with Gasteiger partial charge in [0.25, 0.3) is 5.91 Å². The van der Waals surface area contributed by atoms with Gasteiger partial charge in [0.2, 0.25) is 0 Å². The van der Waals surface area contributed by atoms with Crippen LogP contribution in [0, 0.1) is 5.92 Å². The molecule has 0 aromatic heterocycles. The number of imide groups is 1. The van der Waals surface area contributed by atoms with Crippen LogP contribution in [-0.4, -0.2) is 67.7 Å². The third-order valence-electron chi connectivity index (χ3n) is 6.19. The fourth-order valence-electron chi connectivity index (χ4n) is 4.47. The van der Waals surface area contributed by atoms with E-state index < -0.39 is 5.54 Å². The second-order valence-corrected chi connectivity index (χ2v) is 7.98. The Kier molecular flexibility index (Phi) is 8.79. The fraction of sp³-hybridized carbons (Fsp3) is 0.842. The van der Waals surface area contributed by atoms with Gasteiger partial charge in [-0.2, -0.15) is 0 Å². The maximum atomic E-state index is 12.1. The molecule has 1 saturated carbocycles. The number of piperidine rings is 1. The predicted molar refractivity (Wildman–Crippen MR) is 119 cm³/mol. The van der Waals surface area contributed by atoms with Crippen LogP contribution in [0.15, 0.2) is 4.99 Å². The topological polar surface area (TPSA) is 95.1 Å². The lowest BCUT2D eigenvalue weighted by atomic mass is 9.79. The number of amides is 3. The molecule has 1 aliphatic carbocycles. The van der Waals surface area contributed by atoms with Gasteiger partial charge in [0.05, 0.1) is 12.7 Å². The first-order valence-corrected chi connectivity index (χ1v) is 10.2. The van der Waals surface area contributed by atoms with Gasteiger partial charge in [-0.25, -0.2) is 4.79 Å². The molecular formula is C19H34IN5O3. The molecule has 28 heavy (non-hydrogen) atoms. The lowest BCUT2D eigenvalue weighted by Gasteiger charge is -2.39. The number of halogens is 1. The number of carbonyl (C=O) groups excluding carboxylic acids is 2. The Labute approximate surface area is 184 Å². The Morgan fingerprint density at radius 3 is 2.46 bits per heavy atom. The highest BCUT2D eigenvalue weighted by molar-refractivity contribution is 14.0. The van der Waals surface area contributed by atoms with E-state index in [1.54, 1.807) is 7.05 Å². The zero-order valence-corrected chi connectivity index (χ0v) is 19.3. The highest BCUT2D eigenvalue weighted by Gasteiger charge is 2.48. The fourth-order valence-corrected chi connectivity index (χ4v) is 4.47. The molecule has 1 unspecified atom stereocenters. The van der Waals surface area contributed by atoms with Crippen LogP contribution < -0.4 is 16.0 Å². The molecule has 3 amide bonds. The van der Waals surface area contributed by atoms with E-state index in [-0.39, 0.29) is 41.8 Å². The summed E-state index contributed by atoms with van der Waals surface area (Å²) in [5.41, 5.74) is -0.798. The van der Waals surface area contributed by atoms with Gasteiger partial charge >= 0.3 is 6.03 Å². The molecule has 0 radical (unpaired) electrons. The first-order chi connectivity index (χ1) is 13.0. The Hall–Kier alpha value is -1.10. The SMILES string of the molecule is CN=C(NCCOC1CCCCC1)N1CCC(C2(C)NC(=O)NC2=O)CC1.I. The first kappa shape index (κ1) is 23.2. The normalized spacial score (nSPS) is 27.2. The van der Waals surface area contributed by atoms with Gasteiger partial charge in [0, 0.05) is 26.7 Å². The number of ether oxygens (including phenoxy) is 1. The van der Waals surface area contributed by atoms with Crippen LogP contribution in [0.2, 0.25) is 0 Å². The standard InChI is InChI=1S/C19H33N5O3.HI/c1-19(16(25)22-18(26)23-19)14-8-11-24(12-9-14)17(20-2)21-10-13-27-15-6-4-3-5-7-15;/h14-15H,3-13H2,1-2H3,(H,20,21)(H2,22,23,25,26);1H. The third-order valence-corrected chi connectivity index (χ3v) is 6.19. The number of hydrogen-bond donors (Lipinski definition) is 3. The number of likely N-dealkylation sites (tertiary alicyclic amines) is 1. The number of rotatable bonds is 5. The van der Waals surface area contributed by atoms with E-state index >= 15 is 0 Å². The number of carbonyl (C=O) groups is 2. The molecule has 0 aromatic rings. The summed E-state index contributed by atoms with van der Waals surface area (Å²) in [4.78, 5) is 30.2. The molecule has 0 spiro atoms. The Morgan fingerprint density at radius 1 is 1.21 bits per heavy atom. The largest absolute Gasteiger partial charge is 0.376 e. The number of nitrogens with zero attached hydrogens (tertiary/aromatic N) is 2. The van der Waals surface area contributed by atoms with Crippen LogP contribution in [0.5, 0.6) is 0 Å². The van der Waals surface area contributed by atoms with Gasteiger partial charge in [0.1, 0.15) is 5.54 Å². The van der Waals surface area contributed by atoms with Gasteiger partial charge in [-0.1, -0.05) is 19.3 Å². The lowest BCUT2D eigenvalue weighted by molar-refractivity contribution is -0.125. The monoisotopic (exact) mass is 507 g/mol. The molecule has 8 nitrogen and oxygen atoms in total. The van der Waals surface area contributed by atoms with Crippen molar-refractivity contribution in [2.75, 3.05) is 33.3 Å². The molecule has 2 heterocycles. The van der Waals surface area contributed by atoms with Crippen LogP contribution in [0.1, 0.15) is 51.9 Å². The van der Waals surface area contributed by atoms with Crippen molar-refractivity contribution in [1.29, 1.82) is 0 Å². The van der Waals surface area contributed by atoms with Crippen LogP contribution in [-0.2, 0) is 9.53 Å². The Morgan fingerprint density at radius 2 is 1.89 bits per heavy atom. The molecule has 0 bridgehead atoms. The Bertz CT molecular complexity index is 574. The lowest BCUT2D eigenvalue weighted by Crippen LogP contribution is -2.55. The Balaban J connectivity index is 0.00000280. The van der Waals surface area contributed by atoms with Crippen LogP contribution in [0.4, 0.5) is 4.79 Å². The van der Waals surface area contributed by atoms with Gasteiger partial charge in [-0.3, -0.25) is 15.1 Å². The van der Waals surface area contributed by atoms with E-state index in [0.29, 0.717) is 12.7 Å². The zero-order chi connectivity index (χ0) is 19.3. The van der Waals surface area contributed by atoms with Crippen molar-refractivity contribution in [2.45, 2.75) is 63.5 Å². The minimum Gasteiger partial charge on any atom is -0.376 e. The van der Waals surface area contributed by atoms with E-state index in [9.17, 15) is 9.59 Å². The van der Waals surface area contributed by atoms with Crippen molar-refractivity contribution in [2.24, 2.45) is 10.9 Å². The molecular weight excluding hydrogens is 473 g/mol. The molecule has 3 aliphatic rings. The predicted octanol–water partition coefficient (Wildman–Crippen LogP) is 1.84. The number of hydrogen-bond acceptors (Lipinski definition) is 4. The zero-order valence-electron chi connectivity index (χ0n) is 17.0. The smallest absolute Gasteiger partial charge is 0.322 e. The number of urea groups is 1. The van der Waals surface area contributed by atoms with E-state index in [0.717, 1.165) is 38.4 Å². The number of guanidine groups is 1. The van der Waals surface area contributed by atoms with E-state index in [1.807, 2.05) is 6.92 Å². The van der Waals surface area contributed by atoms with Crippen molar-refractivity contribution in [3.8, 4) is 0 Å². The molecule has 1 atom stereocenters.